The van der Waals surface area contributed by atoms with Gasteiger partial charge in [-0.3, -0.25) is 0 Å². The summed E-state index contributed by atoms with van der Waals surface area (Å²) in [6, 6.07) is 17.5. The molecule has 0 fully saturated rings. The standard InChI is InChI=1S/C20H17NO3S/c22-18-11-10-17(24-18)19-16-9-5-4-6-14(16)12-13-21(19)20(25)23-15-7-2-1-3-8-15/h1-11,17,19H,12-13H2/t17-,19-/m1/s1. The summed E-state index contributed by atoms with van der Waals surface area (Å²) in [6.07, 6.45) is 3.77. The third-order valence-electron chi connectivity index (χ3n) is 4.50. The van der Waals surface area contributed by atoms with Gasteiger partial charge >= 0.3 is 5.97 Å². The smallest absolute Gasteiger partial charge is 0.331 e. The second kappa shape index (κ2) is 6.69. The molecule has 4 nitrogen and oxygen atoms in total. The zero-order valence-electron chi connectivity index (χ0n) is 13.5. The van der Waals surface area contributed by atoms with E-state index in [2.05, 4.69) is 12.1 Å². The largest absolute Gasteiger partial charge is 0.452 e. The lowest BCUT2D eigenvalue weighted by Crippen LogP contribution is -2.46. The van der Waals surface area contributed by atoms with Gasteiger partial charge < -0.3 is 14.4 Å². The van der Waals surface area contributed by atoms with Gasteiger partial charge in [0.05, 0.1) is 6.04 Å². The molecule has 2 aromatic carbocycles. The SMILES string of the molecule is O=C1C=C[C@H]([C@H]2c3ccccc3CCN2C(=S)Oc2ccccc2)O1. The van der Waals surface area contributed by atoms with Gasteiger partial charge in [0.2, 0.25) is 0 Å². The van der Waals surface area contributed by atoms with Crippen LogP contribution in [0.25, 0.3) is 0 Å². The Morgan fingerprint density at radius 1 is 1.12 bits per heavy atom. The van der Waals surface area contributed by atoms with E-state index < -0.39 is 0 Å². The van der Waals surface area contributed by atoms with Crippen LogP contribution in [0.1, 0.15) is 17.2 Å². The Hall–Kier alpha value is -2.66. The predicted octanol–water partition coefficient (Wildman–Crippen LogP) is 3.43. The lowest BCUT2D eigenvalue weighted by molar-refractivity contribution is -0.140. The van der Waals surface area contributed by atoms with E-state index in [1.54, 1.807) is 6.08 Å². The van der Waals surface area contributed by atoms with Gasteiger partial charge in [0.1, 0.15) is 11.9 Å². The fourth-order valence-electron chi connectivity index (χ4n) is 3.36. The molecule has 0 bridgehead atoms. The lowest BCUT2D eigenvalue weighted by Gasteiger charge is -2.40. The third-order valence-corrected chi connectivity index (χ3v) is 4.82. The van der Waals surface area contributed by atoms with Crippen LogP contribution in [0.3, 0.4) is 0 Å². The van der Waals surface area contributed by atoms with Crippen molar-refractivity contribution in [2.75, 3.05) is 6.54 Å². The van der Waals surface area contributed by atoms with Crippen LogP contribution in [0.4, 0.5) is 0 Å². The molecule has 0 N–H and O–H groups in total. The number of hydrogen-bond donors (Lipinski definition) is 0. The van der Waals surface area contributed by atoms with E-state index in [-0.39, 0.29) is 18.1 Å². The molecule has 0 saturated carbocycles. The van der Waals surface area contributed by atoms with Crippen LogP contribution in [-0.2, 0) is 16.0 Å². The van der Waals surface area contributed by atoms with Crippen LogP contribution in [0.5, 0.6) is 5.75 Å². The van der Waals surface area contributed by atoms with Gasteiger partial charge in [-0.15, -0.1) is 0 Å². The highest BCUT2D eigenvalue weighted by Crippen LogP contribution is 2.36. The fourth-order valence-corrected chi connectivity index (χ4v) is 3.66. The van der Waals surface area contributed by atoms with E-state index in [1.165, 1.54) is 11.6 Å². The lowest BCUT2D eigenvalue weighted by atomic mass is 9.89. The average Bonchev–Trinajstić information content (AvgIpc) is 3.07. The molecule has 0 unspecified atom stereocenters. The molecule has 2 atom stereocenters. The summed E-state index contributed by atoms with van der Waals surface area (Å²) in [4.78, 5) is 13.6. The van der Waals surface area contributed by atoms with Gasteiger partial charge in [0.25, 0.3) is 5.17 Å². The minimum atomic E-state index is -0.369. The molecule has 0 radical (unpaired) electrons. The maximum Gasteiger partial charge on any atom is 0.331 e. The number of nitrogens with zero attached hydrogens (tertiary/aromatic N) is 1. The number of carbonyl (C=O) groups is 1. The second-order valence-electron chi connectivity index (χ2n) is 6.03. The van der Waals surface area contributed by atoms with Crippen molar-refractivity contribution in [1.29, 1.82) is 0 Å². The molecule has 5 heteroatoms. The first-order valence-electron chi connectivity index (χ1n) is 8.22. The Balaban J connectivity index is 1.65. The van der Waals surface area contributed by atoms with E-state index in [4.69, 9.17) is 21.7 Å². The first kappa shape index (κ1) is 15.8. The summed E-state index contributed by atoms with van der Waals surface area (Å²) in [7, 11) is 0. The van der Waals surface area contributed by atoms with Crippen molar-refractivity contribution in [3.05, 3.63) is 77.9 Å². The number of benzene rings is 2. The maximum absolute atomic E-state index is 11.6. The summed E-state index contributed by atoms with van der Waals surface area (Å²) in [5.74, 6) is 0.381. The summed E-state index contributed by atoms with van der Waals surface area (Å²) in [5, 5.41) is 0.391. The zero-order valence-corrected chi connectivity index (χ0v) is 14.3. The molecular formula is C20H17NO3S. The fraction of sp³-hybridized carbons (Fsp3) is 0.200. The molecule has 2 aliphatic rings. The van der Waals surface area contributed by atoms with Gasteiger partial charge in [-0.05, 0) is 48.0 Å². The summed E-state index contributed by atoms with van der Waals surface area (Å²) >= 11 is 5.57. The molecule has 126 valence electrons. The summed E-state index contributed by atoms with van der Waals surface area (Å²) in [6.45, 7) is 0.717. The van der Waals surface area contributed by atoms with Crippen LogP contribution in [0.2, 0.25) is 0 Å². The van der Waals surface area contributed by atoms with E-state index >= 15 is 0 Å². The van der Waals surface area contributed by atoms with Crippen molar-refractivity contribution >= 4 is 23.4 Å². The number of ether oxygens (including phenoxy) is 2. The molecule has 2 aromatic rings. The number of fused-ring (bicyclic) bond motifs is 1. The van der Waals surface area contributed by atoms with Crippen LogP contribution in [0, 0.1) is 0 Å². The van der Waals surface area contributed by atoms with E-state index in [0.717, 1.165) is 18.5 Å². The number of cyclic esters (lactones) is 1. The van der Waals surface area contributed by atoms with Gasteiger partial charge in [0, 0.05) is 12.6 Å². The van der Waals surface area contributed by atoms with Gasteiger partial charge in [-0.1, -0.05) is 42.5 Å². The molecule has 2 aliphatic heterocycles. The molecule has 0 saturated heterocycles. The molecule has 0 aliphatic carbocycles. The Morgan fingerprint density at radius 3 is 2.64 bits per heavy atom. The molecular weight excluding hydrogens is 334 g/mol. The number of thiocarbonyl (C=S) groups is 1. The van der Waals surface area contributed by atoms with Gasteiger partial charge in [-0.2, -0.15) is 0 Å². The zero-order chi connectivity index (χ0) is 17.2. The van der Waals surface area contributed by atoms with E-state index in [1.807, 2.05) is 47.4 Å². The average molecular weight is 351 g/mol. The Morgan fingerprint density at radius 2 is 1.88 bits per heavy atom. The Kier molecular flexibility index (Phi) is 4.24. The highest BCUT2D eigenvalue weighted by Gasteiger charge is 2.38. The minimum Gasteiger partial charge on any atom is -0.452 e. The van der Waals surface area contributed by atoms with Crippen molar-refractivity contribution in [1.82, 2.24) is 4.90 Å². The molecule has 0 spiro atoms. The number of esters is 1. The monoisotopic (exact) mass is 351 g/mol. The van der Waals surface area contributed by atoms with Crippen LogP contribution < -0.4 is 4.74 Å². The normalized spacial score (nSPS) is 21.6. The van der Waals surface area contributed by atoms with Crippen LogP contribution in [0.15, 0.2) is 66.7 Å². The number of rotatable bonds is 2. The Labute approximate surface area is 151 Å². The Bertz CT molecular complexity index is 834. The topological polar surface area (TPSA) is 38.8 Å². The molecule has 4 rings (SSSR count). The highest BCUT2D eigenvalue weighted by atomic mass is 32.1. The molecule has 25 heavy (non-hydrogen) atoms. The van der Waals surface area contributed by atoms with E-state index in [0.29, 0.717) is 10.9 Å². The number of carbonyl (C=O) groups excluding carboxylic acids is 1. The van der Waals surface area contributed by atoms with Gasteiger partial charge in [0.15, 0.2) is 0 Å². The third kappa shape index (κ3) is 3.15. The first-order chi connectivity index (χ1) is 12.2. The quantitative estimate of drug-likeness (QED) is 0.612. The maximum atomic E-state index is 11.6. The predicted molar refractivity (Wildman–Crippen MR) is 98.3 cm³/mol. The molecule has 0 aromatic heterocycles. The molecule has 0 amide bonds. The minimum absolute atomic E-state index is 0.177. The van der Waals surface area contributed by atoms with Gasteiger partial charge in [-0.25, -0.2) is 4.79 Å². The van der Waals surface area contributed by atoms with Crippen LogP contribution in [-0.4, -0.2) is 28.7 Å². The highest BCUT2D eigenvalue weighted by molar-refractivity contribution is 7.80. The number of para-hydroxylation sites is 1. The number of hydrogen-bond acceptors (Lipinski definition) is 4. The van der Waals surface area contributed by atoms with Crippen LogP contribution >= 0.6 is 12.2 Å². The summed E-state index contributed by atoms with van der Waals surface area (Å²) in [5.41, 5.74) is 2.37. The van der Waals surface area contributed by atoms with Crippen molar-refractivity contribution in [2.24, 2.45) is 0 Å². The first-order valence-corrected chi connectivity index (χ1v) is 8.63. The molecule has 2 heterocycles. The van der Waals surface area contributed by atoms with Crippen molar-refractivity contribution in [3.63, 3.8) is 0 Å². The van der Waals surface area contributed by atoms with Crippen molar-refractivity contribution < 1.29 is 14.3 Å². The second-order valence-corrected chi connectivity index (χ2v) is 6.38. The van der Waals surface area contributed by atoms with Crippen molar-refractivity contribution in [2.45, 2.75) is 18.6 Å². The van der Waals surface area contributed by atoms with Crippen molar-refractivity contribution in [3.8, 4) is 5.75 Å². The summed E-state index contributed by atoms with van der Waals surface area (Å²) < 4.78 is 11.4. The van der Waals surface area contributed by atoms with E-state index in [9.17, 15) is 4.79 Å².